The van der Waals surface area contributed by atoms with Crippen LogP contribution < -0.4 is 0 Å². The number of esters is 2. The molecule has 0 aliphatic heterocycles. The van der Waals surface area contributed by atoms with Crippen LogP contribution in [0.15, 0.2) is 109 Å². The molecule has 0 aromatic heterocycles. The maximum Gasteiger partial charge on any atom is 0.361 e. The quantitative estimate of drug-likeness (QED) is 0.0211. The Kier molecular flexibility index (Phi) is 57.9. The predicted molar refractivity (Wildman–Crippen MR) is 341 cm³/mol. The van der Waals surface area contributed by atoms with E-state index in [9.17, 15) is 19.5 Å². The lowest BCUT2D eigenvalue weighted by Crippen LogP contribution is -2.40. The van der Waals surface area contributed by atoms with Gasteiger partial charge >= 0.3 is 17.9 Å². The highest BCUT2D eigenvalue weighted by Gasteiger charge is 2.25. The monoisotopic (exact) mass is 1120 g/mol. The van der Waals surface area contributed by atoms with Gasteiger partial charge in [-0.25, -0.2) is 4.79 Å². The normalized spacial score (nSPS) is 13.5. The maximum absolute atomic E-state index is 12.9. The van der Waals surface area contributed by atoms with Crippen LogP contribution in [0, 0.1) is 0 Å². The molecule has 2 atom stereocenters. The standard InChI is InChI=1S/C71H121NO8/c1-6-8-10-12-14-16-18-20-22-24-25-26-27-28-29-30-31-32-33-34-35-36-37-38-39-40-41-42-43-44-45-46-48-50-52-54-56-58-60-62-69(74)80-67(66-79-71(70(75)76)77-64-63-72(3,4)5)65-78-68(73)61-59-57-55-53-51-49-47-23-21-19-17-15-13-11-9-7-2/h8,10,14,16-17,19-20,22-23,25-26,28-29,31-32,34-35,47,67,71H,6-7,9,11-13,15,18,21,24,27,30,33,36-46,48-66H2,1-5H3/p+1/b10-8-,16-14-,19-17-,22-20-,26-25-,29-28-,32-31-,35-34-,47-23-. The van der Waals surface area contributed by atoms with Crippen LogP contribution in [-0.2, 0) is 33.3 Å². The second-order valence-electron chi connectivity index (χ2n) is 22.7. The number of nitrogens with zero attached hydrogens (tertiary/aromatic N) is 1. The maximum atomic E-state index is 12.9. The molecule has 0 fully saturated rings. The smallest absolute Gasteiger partial charge is 0.361 e. The molecule has 1 N–H and O–H groups in total. The molecule has 458 valence electrons. The van der Waals surface area contributed by atoms with Crippen molar-refractivity contribution in [2.24, 2.45) is 0 Å². The molecular formula is C71H122NO8+. The molecule has 0 aliphatic carbocycles. The number of carboxylic acids is 1. The molecule has 0 radical (unpaired) electrons. The molecule has 0 aromatic rings. The fraction of sp³-hybridized carbons (Fsp3) is 0.704. The first-order chi connectivity index (χ1) is 39.1. The van der Waals surface area contributed by atoms with Crippen molar-refractivity contribution >= 4 is 17.9 Å². The van der Waals surface area contributed by atoms with Gasteiger partial charge in [0.15, 0.2) is 6.10 Å². The van der Waals surface area contributed by atoms with Gasteiger partial charge < -0.3 is 28.5 Å². The van der Waals surface area contributed by atoms with Gasteiger partial charge in [-0.1, -0.05) is 258 Å². The summed E-state index contributed by atoms with van der Waals surface area (Å²) in [4.78, 5) is 37.5. The molecule has 0 saturated heterocycles. The van der Waals surface area contributed by atoms with Gasteiger partial charge in [-0.2, -0.15) is 0 Å². The molecular weight excluding hydrogens is 995 g/mol. The number of rotatable bonds is 59. The average molecular weight is 1120 g/mol. The number of hydrogen-bond donors (Lipinski definition) is 1. The molecule has 2 unspecified atom stereocenters. The Labute approximate surface area is 492 Å². The van der Waals surface area contributed by atoms with Gasteiger partial charge in [0.1, 0.15) is 13.2 Å². The fourth-order valence-electron chi connectivity index (χ4n) is 8.79. The van der Waals surface area contributed by atoms with Crippen molar-refractivity contribution in [1.29, 1.82) is 0 Å². The highest BCUT2D eigenvalue weighted by Crippen LogP contribution is 2.16. The molecule has 0 aromatic carbocycles. The van der Waals surface area contributed by atoms with Gasteiger partial charge in [0, 0.05) is 12.8 Å². The number of carbonyl (C=O) groups excluding carboxylic acids is 2. The Bertz CT molecular complexity index is 1680. The van der Waals surface area contributed by atoms with Crippen LogP contribution in [-0.4, -0.2) is 87.4 Å². The van der Waals surface area contributed by atoms with E-state index in [2.05, 4.69) is 123 Å². The molecule has 0 heterocycles. The van der Waals surface area contributed by atoms with Crippen LogP contribution in [0.25, 0.3) is 0 Å². The number of aliphatic carboxylic acids is 1. The van der Waals surface area contributed by atoms with Gasteiger partial charge in [-0.3, -0.25) is 9.59 Å². The predicted octanol–water partition coefficient (Wildman–Crippen LogP) is 19.9. The number of carboxylic acid groups (broad SMARTS) is 1. The average Bonchev–Trinajstić information content (AvgIpc) is 3.43. The third kappa shape index (κ3) is 61.6. The number of likely N-dealkylation sites (N-methyl/N-ethyl adjacent to an activating group) is 1. The summed E-state index contributed by atoms with van der Waals surface area (Å²) in [7, 11) is 5.96. The van der Waals surface area contributed by atoms with E-state index in [0.717, 1.165) is 103 Å². The van der Waals surface area contributed by atoms with Crippen molar-refractivity contribution in [3.05, 3.63) is 109 Å². The first kappa shape index (κ1) is 76.0. The lowest BCUT2D eigenvalue weighted by atomic mass is 10.0. The van der Waals surface area contributed by atoms with Crippen molar-refractivity contribution in [3.63, 3.8) is 0 Å². The molecule has 0 saturated carbocycles. The second-order valence-corrected chi connectivity index (χ2v) is 22.7. The van der Waals surface area contributed by atoms with E-state index in [-0.39, 0.29) is 38.6 Å². The van der Waals surface area contributed by atoms with Crippen molar-refractivity contribution in [3.8, 4) is 0 Å². The van der Waals surface area contributed by atoms with Gasteiger partial charge in [0.2, 0.25) is 0 Å². The van der Waals surface area contributed by atoms with Crippen molar-refractivity contribution in [2.75, 3.05) is 47.5 Å². The van der Waals surface area contributed by atoms with E-state index in [1.54, 1.807) is 0 Å². The minimum atomic E-state index is -1.52. The Morgan fingerprint density at radius 1 is 0.388 bits per heavy atom. The summed E-state index contributed by atoms with van der Waals surface area (Å²) >= 11 is 0. The van der Waals surface area contributed by atoms with Crippen molar-refractivity contribution < 1.29 is 42.9 Å². The third-order valence-electron chi connectivity index (χ3n) is 13.8. The van der Waals surface area contributed by atoms with Crippen LogP contribution in [0.1, 0.15) is 264 Å². The number of carbonyl (C=O) groups is 3. The SMILES string of the molecule is CC/C=C\C/C=C\C/C=C\C/C=C\C/C=C\C/C=C\C/C=C\CCCCCCCCCCCCCCCCCCCC(=O)OC(COC(=O)CCCCCCC/C=C\C/C=C\CCCCCC)COC(OCC[N+](C)(C)C)C(=O)O. The van der Waals surface area contributed by atoms with Gasteiger partial charge in [0.05, 0.1) is 34.4 Å². The summed E-state index contributed by atoms with van der Waals surface area (Å²) in [6, 6.07) is 0. The molecule has 0 aliphatic rings. The largest absolute Gasteiger partial charge is 0.477 e. The molecule has 0 spiro atoms. The van der Waals surface area contributed by atoms with E-state index in [1.165, 1.54) is 128 Å². The Hall–Kier alpha value is -4.05. The van der Waals surface area contributed by atoms with E-state index in [4.69, 9.17) is 18.9 Å². The number of unbranched alkanes of at least 4 members (excludes halogenated alkanes) is 26. The van der Waals surface area contributed by atoms with E-state index in [0.29, 0.717) is 17.4 Å². The zero-order chi connectivity index (χ0) is 58.3. The van der Waals surface area contributed by atoms with Crippen LogP contribution in [0.5, 0.6) is 0 Å². The van der Waals surface area contributed by atoms with E-state index in [1.807, 2.05) is 21.1 Å². The van der Waals surface area contributed by atoms with Crippen molar-refractivity contribution in [1.82, 2.24) is 0 Å². The topological polar surface area (TPSA) is 108 Å². The molecule has 9 nitrogen and oxygen atoms in total. The molecule has 0 rings (SSSR count). The molecule has 9 heteroatoms. The summed E-state index contributed by atoms with van der Waals surface area (Å²) in [5.74, 6) is -2.02. The zero-order valence-electron chi connectivity index (χ0n) is 52.2. The Morgan fingerprint density at radius 2 is 0.713 bits per heavy atom. The summed E-state index contributed by atoms with van der Waals surface area (Å²) in [6.07, 6.45) is 81.9. The summed E-state index contributed by atoms with van der Waals surface area (Å²) < 4.78 is 22.9. The number of allylic oxidation sites excluding steroid dienone is 18. The molecule has 0 bridgehead atoms. The highest BCUT2D eigenvalue weighted by atomic mass is 16.7. The molecule has 80 heavy (non-hydrogen) atoms. The van der Waals surface area contributed by atoms with Crippen LogP contribution in [0.4, 0.5) is 0 Å². The van der Waals surface area contributed by atoms with E-state index < -0.39 is 24.3 Å². The number of hydrogen-bond acceptors (Lipinski definition) is 7. The fourth-order valence-corrected chi connectivity index (χ4v) is 8.79. The van der Waals surface area contributed by atoms with E-state index >= 15 is 0 Å². The van der Waals surface area contributed by atoms with Crippen molar-refractivity contribution in [2.45, 2.75) is 277 Å². The van der Waals surface area contributed by atoms with Crippen LogP contribution in [0.3, 0.4) is 0 Å². The summed E-state index contributed by atoms with van der Waals surface area (Å²) in [5.41, 5.74) is 0. The summed E-state index contributed by atoms with van der Waals surface area (Å²) in [6.45, 7) is 4.74. The van der Waals surface area contributed by atoms with Gasteiger partial charge in [-0.05, 0) is 103 Å². The Balaban J connectivity index is 4.07. The first-order valence-electron chi connectivity index (χ1n) is 32.6. The molecule has 0 amide bonds. The lowest BCUT2D eigenvalue weighted by molar-refractivity contribution is -0.870. The third-order valence-corrected chi connectivity index (χ3v) is 13.8. The van der Waals surface area contributed by atoms with Gasteiger partial charge in [-0.15, -0.1) is 0 Å². The van der Waals surface area contributed by atoms with Crippen LogP contribution >= 0.6 is 0 Å². The number of quaternary nitrogens is 1. The minimum Gasteiger partial charge on any atom is -0.477 e. The van der Waals surface area contributed by atoms with Crippen LogP contribution in [0.2, 0.25) is 0 Å². The lowest BCUT2D eigenvalue weighted by Gasteiger charge is -2.25. The minimum absolute atomic E-state index is 0.182. The number of ether oxygens (including phenoxy) is 4. The first-order valence-corrected chi connectivity index (χ1v) is 32.6. The van der Waals surface area contributed by atoms with Gasteiger partial charge in [0.25, 0.3) is 6.29 Å². The second kappa shape index (κ2) is 61.0. The zero-order valence-corrected chi connectivity index (χ0v) is 52.2. The summed E-state index contributed by atoms with van der Waals surface area (Å²) in [5, 5.41) is 9.71. The highest BCUT2D eigenvalue weighted by molar-refractivity contribution is 5.71. The Morgan fingerprint density at radius 3 is 1.06 bits per heavy atom.